The molecule has 1 aromatic carbocycles. The number of nitrogen functional groups attached to an aromatic ring is 1. The molecule has 0 atom stereocenters. The molecular formula is C9H7ClN4O2. The predicted molar refractivity (Wildman–Crippen MR) is 57.7 cm³/mol. The average Bonchev–Trinajstić information content (AvgIpc) is 2.71. The highest BCUT2D eigenvalue weighted by molar-refractivity contribution is 6.33. The monoisotopic (exact) mass is 238 g/mol. The molecule has 0 spiro atoms. The van der Waals surface area contributed by atoms with Gasteiger partial charge in [-0.1, -0.05) is 16.8 Å². The minimum Gasteiger partial charge on any atom is -0.398 e. The maximum absolute atomic E-state index is 10.8. The van der Waals surface area contributed by atoms with Crippen molar-refractivity contribution >= 4 is 23.2 Å². The number of primary amides is 1. The molecule has 0 saturated carbocycles. The molecule has 0 aliphatic rings. The zero-order valence-corrected chi connectivity index (χ0v) is 8.73. The summed E-state index contributed by atoms with van der Waals surface area (Å²) in [6.07, 6.45) is 0. The van der Waals surface area contributed by atoms with Crippen LogP contribution < -0.4 is 11.5 Å². The summed E-state index contributed by atoms with van der Waals surface area (Å²) in [5.41, 5.74) is 11.6. The Balaban J connectivity index is 2.42. The van der Waals surface area contributed by atoms with Crippen molar-refractivity contribution in [1.82, 2.24) is 10.1 Å². The smallest absolute Gasteiger partial charge is 0.290 e. The summed E-state index contributed by atoms with van der Waals surface area (Å²) in [7, 11) is 0. The van der Waals surface area contributed by atoms with Crippen molar-refractivity contribution in [2.75, 3.05) is 5.73 Å². The Bertz CT molecular complexity index is 552. The van der Waals surface area contributed by atoms with E-state index in [1.807, 2.05) is 0 Å². The lowest BCUT2D eigenvalue weighted by atomic mass is 10.2. The molecule has 2 rings (SSSR count). The van der Waals surface area contributed by atoms with Crippen molar-refractivity contribution in [3.63, 3.8) is 0 Å². The standard InChI is InChI=1S/C9H7ClN4O2/c10-5-2-1-4(3-6(5)11)9-13-8(7(12)15)14-16-9/h1-3H,11H2,(H2,12,15). The second-order valence-corrected chi connectivity index (χ2v) is 3.43. The van der Waals surface area contributed by atoms with Gasteiger partial charge >= 0.3 is 0 Å². The van der Waals surface area contributed by atoms with Gasteiger partial charge in [-0.3, -0.25) is 4.79 Å². The summed E-state index contributed by atoms with van der Waals surface area (Å²) in [6, 6.07) is 4.82. The van der Waals surface area contributed by atoms with E-state index < -0.39 is 5.91 Å². The van der Waals surface area contributed by atoms with Crippen molar-refractivity contribution in [2.24, 2.45) is 5.73 Å². The number of amides is 1. The number of benzene rings is 1. The van der Waals surface area contributed by atoms with Crippen LogP contribution in [0, 0.1) is 0 Å². The predicted octanol–water partition coefficient (Wildman–Crippen LogP) is 1.07. The van der Waals surface area contributed by atoms with Gasteiger partial charge in [0.25, 0.3) is 17.6 Å². The van der Waals surface area contributed by atoms with E-state index in [0.717, 1.165) is 0 Å². The number of aromatic nitrogens is 2. The van der Waals surface area contributed by atoms with Crippen LogP contribution in [0.3, 0.4) is 0 Å². The molecule has 1 heterocycles. The molecule has 0 aliphatic carbocycles. The molecule has 2 aromatic rings. The van der Waals surface area contributed by atoms with Crippen LogP contribution in [0.2, 0.25) is 5.02 Å². The molecule has 1 aromatic heterocycles. The Morgan fingerprint density at radius 1 is 1.44 bits per heavy atom. The molecule has 0 radical (unpaired) electrons. The van der Waals surface area contributed by atoms with Crippen LogP contribution in [-0.4, -0.2) is 16.0 Å². The summed E-state index contributed by atoms with van der Waals surface area (Å²) < 4.78 is 4.85. The molecule has 82 valence electrons. The van der Waals surface area contributed by atoms with Crippen LogP contribution in [0.15, 0.2) is 22.7 Å². The normalized spacial score (nSPS) is 10.3. The molecule has 7 heteroatoms. The fraction of sp³-hybridized carbons (Fsp3) is 0. The number of halogens is 1. The third-order valence-corrected chi connectivity index (χ3v) is 2.23. The second-order valence-electron chi connectivity index (χ2n) is 3.02. The lowest BCUT2D eigenvalue weighted by Crippen LogP contribution is -2.12. The summed E-state index contributed by atoms with van der Waals surface area (Å²) in [4.78, 5) is 14.6. The Hall–Kier alpha value is -2.08. The van der Waals surface area contributed by atoms with Gasteiger partial charge in [-0.15, -0.1) is 0 Å². The number of anilines is 1. The van der Waals surface area contributed by atoms with E-state index in [1.165, 1.54) is 0 Å². The zero-order chi connectivity index (χ0) is 11.7. The second kappa shape index (κ2) is 3.82. The van der Waals surface area contributed by atoms with E-state index in [0.29, 0.717) is 16.3 Å². The fourth-order valence-electron chi connectivity index (χ4n) is 1.12. The van der Waals surface area contributed by atoms with Crippen LogP contribution in [0.4, 0.5) is 5.69 Å². The topological polar surface area (TPSA) is 108 Å². The van der Waals surface area contributed by atoms with Gasteiger partial charge < -0.3 is 16.0 Å². The van der Waals surface area contributed by atoms with Gasteiger partial charge in [-0.05, 0) is 18.2 Å². The van der Waals surface area contributed by atoms with E-state index in [2.05, 4.69) is 10.1 Å². The number of carbonyl (C=O) groups excluding carboxylic acids is 1. The summed E-state index contributed by atoms with van der Waals surface area (Å²) >= 11 is 5.76. The molecule has 0 saturated heterocycles. The first-order valence-corrected chi connectivity index (χ1v) is 4.64. The zero-order valence-electron chi connectivity index (χ0n) is 7.98. The minimum atomic E-state index is -0.753. The molecule has 16 heavy (non-hydrogen) atoms. The van der Waals surface area contributed by atoms with Crippen LogP contribution in [0.25, 0.3) is 11.5 Å². The van der Waals surface area contributed by atoms with Crippen LogP contribution in [-0.2, 0) is 0 Å². The number of hydrogen-bond acceptors (Lipinski definition) is 5. The quantitative estimate of drug-likeness (QED) is 0.761. The molecule has 0 bridgehead atoms. The van der Waals surface area contributed by atoms with Crippen molar-refractivity contribution in [2.45, 2.75) is 0 Å². The Labute approximate surface area is 95.2 Å². The van der Waals surface area contributed by atoms with Crippen molar-refractivity contribution in [1.29, 1.82) is 0 Å². The molecule has 0 unspecified atom stereocenters. The van der Waals surface area contributed by atoms with Gasteiger partial charge in [-0.25, -0.2) is 0 Å². The van der Waals surface area contributed by atoms with Crippen LogP contribution in [0.1, 0.15) is 10.6 Å². The van der Waals surface area contributed by atoms with Gasteiger partial charge in [0, 0.05) is 5.56 Å². The van der Waals surface area contributed by atoms with Gasteiger partial charge in [-0.2, -0.15) is 4.98 Å². The van der Waals surface area contributed by atoms with Crippen LogP contribution >= 0.6 is 11.6 Å². The maximum atomic E-state index is 10.8. The van der Waals surface area contributed by atoms with Gasteiger partial charge in [0.2, 0.25) is 0 Å². The van der Waals surface area contributed by atoms with Crippen molar-refractivity contribution in [3.05, 3.63) is 29.0 Å². The van der Waals surface area contributed by atoms with E-state index >= 15 is 0 Å². The first-order valence-electron chi connectivity index (χ1n) is 4.27. The summed E-state index contributed by atoms with van der Waals surface area (Å²) in [5, 5.41) is 3.84. The minimum absolute atomic E-state index is 0.164. The highest BCUT2D eigenvalue weighted by Crippen LogP contribution is 2.25. The first kappa shape index (κ1) is 10.4. The molecule has 1 amide bonds. The lowest BCUT2D eigenvalue weighted by molar-refractivity contribution is 0.0987. The van der Waals surface area contributed by atoms with Crippen LogP contribution in [0.5, 0.6) is 0 Å². The number of hydrogen-bond donors (Lipinski definition) is 2. The summed E-state index contributed by atoms with van der Waals surface area (Å²) in [6.45, 7) is 0. The molecule has 0 aliphatic heterocycles. The average molecular weight is 239 g/mol. The first-order chi connectivity index (χ1) is 7.58. The van der Waals surface area contributed by atoms with Crippen molar-refractivity contribution in [3.8, 4) is 11.5 Å². The number of rotatable bonds is 2. The van der Waals surface area contributed by atoms with Crippen molar-refractivity contribution < 1.29 is 9.32 Å². The Morgan fingerprint density at radius 3 is 2.75 bits per heavy atom. The Morgan fingerprint density at radius 2 is 2.19 bits per heavy atom. The lowest BCUT2D eigenvalue weighted by Gasteiger charge is -1.98. The van der Waals surface area contributed by atoms with Gasteiger partial charge in [0.15, 0.2) is 0 Å². The van der Waals surface area contributed by atoms with E-state index in [-0.39, 0.29) is 11.7 Å². The third kappa shape index (κ3) is 1.82. The highest BCUT2D eigenvalue weighted by Gasteiger charge is 2.13. The highest BCUT2D eigenvalue weighted by atomic mass is 35.5. The van der Waals surface area contributed by atoms with Gasteiger partial charge in [0.1, 0.15) is 0 Å². The number of carbonyl (C=O) groups is 1. The third-order valence-electron chi connectivity index (χ3n) is 1.89. The van der Waals surface area contributed by atoms with E-state index in [4.69, 9.17) is 27.6 Å². The SMILES string of the molecule is NC(=O)c1noc(-c2ccc(Cl)c(N)c2)n1. The van der Waals surface area contributed by atoms with E-state index in [9.17, 15) is 4.79 Å². The number of nitrogens with zero attached hydrogens (tertiary/aromatic N) is 2. The Kier molecular flexibility index (Phi) is 2.49. The fourth-order valence-corrected chi connectivity index (χ4v) is 1.24. The molecular weight excluding hydrogens is 232 g/mol. The van der Waals surface area contributed by atoms with Gasteiger partial charge in [0.05, 0.1) is 10.7 Å². The molecule has 6 nitrogen and oxygen atoms in total. The molecule has 4 N–H and O–H groups in total. The largest absolute Gasteiger partial charge is 0.398 e. The maximum Gasteiger partial charge on any atom is 0.290 e. The van der Waals surface area contributed by atoms with E-state index in [1.54, 1.807) is 18.2 Å². The summed E-state index contributed by atoms with van der Waals surface area (Å²) in [5.74, 6) is -0.766. The number of nitrogens with two attached hydrogens (primary N) is 2. The molecule has 0 fully saturated rings.